The summed E-state index contributed by atoms with van der Waals surface area (Å²) in [7, 11) is 0. The van der Waals surface area contributed by atoms with Crippen LogP contribution in [0.15, 0.2) is 59.6 Å². The quantitative estimate of drug-likeness (QED) is 0.522. The van der Waals surface area contributed by atoms with Gasteiger partial charge in [-0.15, -0.1) is 0 Å². The summed E-state index contributed by atoms with van der Waals surface area (Å²) in [5, 5.41) is 6.20. The van der Waals surface area contributed by atoms with E-state index >= 15 is 0 Å². The van der Waals surface area contributed by atoms with Crippen LogP contribution in [-0.4, -0.2) is 30.6 Å². The molecule has 0 aliphatic heterocycles. The van der Waals surface area contributed by atoms with Crippen molar-refractivity contribution in [1.29, 1.82) is 0 Å². The van der Waals surface area contributed by atoms with Gasteiger partial charge >= 0.3 is 6.18 Å². The molecule has 0 fully saturated rings. The molecule has 0 aliphatic rings. The fourth-order valence-electron chi connectivity index (χ4n) is 2.89. The van der Waals surface area contributed by atoms with Gasteiger partial charge in [0.15, 0.2) is 5.82 Å². The topological polar surface area (TPSA) is 98.7 Å². The highest BCUT2D eigenvalue weighted by atomic mass is 19.4. The average molecular weight is 428 g/mol. The summed E-state index contributed by atoms with van der Waals surface area (Å²) in [5.74, 6) is 0.645. The van der Waals surface area contributed by atoms with E-state index in [9.17, 15) is 18.0 Å². The zero-order valence-electron chi connectivity index (χ0n) is 16.1. The maximum absolute atomic E-state index is 13.1. The zero-order chi connectivity index (χ0) is 22.0. The summed E-state index contributed by atoms with van der Waals surface area (Å²) < 4.78 is 45.9. The largest absolute Gasteiger partial charge is 0.416 e. The Kier molecular flexibility index (Phi) is 5.24. The standard InChI is InChI=1S/C20H15F3N6O2/c1-12-27-19(31-28-12)13-6-7-24-17(8-13)29-10-16(26-11-29)18(30)25-9-14-4-2-3-5-15(14)20(21,22)23/h2-8,10-11H,9H2,1H3,(H,25,30). The molecule has 0 saturated carbocycles. The fraction of sp³-hybridized carbons (Fsp3) is 0.150. The number of aromatic nitrogens is 5. The Morgan fingerprint density at radius 3 is 2.74 bits per heavy atom. The molecule has 0 atom stereocenters. The summed E-state index contributed by atoms with van der Waals surface area (Å²) in [6, 6.07) is 8.44. The lowest BCUT2D eigenvalue weighted by atomic mass is 10.1. The Balaban J connectivity index is 1.49. The van der Waals surface area contributed by atoms with Crippen LogP contribution in [0.4, 0.5) is 13.2 Å². The van der Waals surface area contributed by atoms with Gasteiger partial charge in [0.05, 0.1) is 5.56 Å². The van der Waals surface area contributed by atoms with Gasteiger partial charge in [-0.25, -0.2) is 9.97 Å². The lowest BCUT2D eigenvalue weighted by Gasteiger charge is -2.12. The number of benzene rings is 1. The second kappa shape index (κ2) is 8.01. The van der Waals surface area contributed by atoms with Crippen molar-refractivity contribution >= 4 is 5.91 Å². The number of rotatable bonds is 5. The van der Waals surface area contributed by atoms with Crippen molar-refractivity contribution in [3.8, 4) is 17.3 Å². The number of imidazole rings is 1. The number of alkyl halides is 3. The second-order valence-electron chi connectivity index (χ2n) is 6.55. The molecule has 0 bridgehead atoms. The number of carbonyl (C=O) groups is 1. The van der Waals surface area contributed by atoms with Crippen molar-refractivity contribution in [2.24, 2.45) is 0 Å². The van der Waals surface area contributed by atoms with Crippen LogP contribution in [0.25, 0.3) is 17.3 Å². The first-order chi connectivity index (χ1) is 14.8. The number of aryl methyl sites for hydroxylation is 1. The molecule has 0 saturated heterocycles. The Morgan fingerprint density at radius 1 is 1.19 bits per heavy atom. The van der Waals surface area contributed by atoms with Gasteiger partial charge in [0.1, 0.15) is 17.8 Å². The fourth-order valence-corrected chi connectivity index (χ4v) is 2.89. The van der Waals surface area contributed by atoms with Crippen LogP contribution in [0.3, 0.4) is 0 Å². The van der Waals surface area contributed by atoms with E-state index in [-0.39, 0.29) is 17.8 Å². The molecule has 3 aromatic heterocycles. The van der Waals surface area contributed by atoms with Gasteiger partial charge in [0.2, 0.25) is 0 Å². The molecule has 1 amide bonds. The van der Waals surface area contributed by atoms with E-state index in [0.717, 1.165) is 6.07 Å². The Hall–Kier alpha value is -4.02. The zero-order valence-corrected chi connectivity index (χ0v) is 16.1. The Morgan fingerprint density at radius 2 is 2.00 bits per heavy atom. The van der Waals surface area contributed by atoms with Crippen LogP contribution in [-0.2, 0) is 12.7 Å². The van der Waals surface area contributed by atoms with E-state index in [4.69, 9.17) is 4.52 Å². The molecule has 0 radical (unpaired) electrons. The van der Waals surface area contributed by atoms with Crippen molar-refractivity contribution in [2.75, 3.05) is 0 Å². The van der Waals surface area contributed by atoms with Gasteiger partial charge in [-0.05, 0) is 30.7 Å². The number of carbonyl (C=O) groups excluding carboxylic acids is 1. The van der Waals surface area contributed by atoms with Crippen LogP contribution in [0.1, 0.15) is 27.4 Å². The highest BCUT2D eigenvalue weighted by Gasteiger charge is 2.32. The molecular formula is C20H15F3N6O2. The normalized spacial score (nSPS) is 11.5. The smallest absolute Gasteiger partial charge is 0.347 e. The number of hydrogen-bond acceptors (Lipinski definition) is 6. The van der Waals surface area contributed by atoms with Crippen molar-refractivity contribution in [2.45, 2.75) is 19.6 Å². The molecule has 158 valence electrons. The number of amides is 1. The van der Waals surface area contributed by atoms with Crippen LogP contribution in [0, 0.1) is 6.92 Å². The average Bonchev–Trinajstić information content (AvgIpc) is 3.41. The molecule has 0 spiro atoms. The van der Waals surface area contributed by atoms with Crippen molar-refractivity contribution in [1.82, 2.24) is 30.0 Å². The third-order valence-corrected chi connectivity index (χ3v) is 4.36. The van der Waals surface area contributed by atoms with E-state index in [2.05, 4.69) is 25.4 Å². The highest BCUT2D eigenvalue weighted by molar-refractivity contribution is 5.92. The van der Waals surface area contributed by atoms with Gasteiger partial charge in [0.25, 0.3) is 11.8 Å². The van der Waals surface area contributed by atoms with E-state index in [1.165, 1.54) is 41.5 Å². The number of hydrogen-bond donors (Lipinski definition) is 1. The lowest BCUT2D eigenvalue weighted by Crippen LogP contribution is -2.24. The lowest BCUT2D eigenvalue weighted by molar-refractivity contribution is -0.138. The van der Waals surface area contributed by atoms with Gasteiger partial charge in [-0.2, -0.15) is 18.2 Å². The molecule has 11 heteroatoms. The third-order valence-electron chi connectivity index (χ3n) is 4.36. The first-order valence-corrected chi connectivity index (χ1v) is 9.05. The minimum atomic E-state index is -4.50. The van der Waals surface area contributed by atoms with E-state index in [0.29, 0.717) is 23.1 Å². The van der Waals surface area contributed by atoms with Gasteiger partial charge < -0.3 is 9.84 Å². The number of nitrogens with one attached hydrogen (secondary N) is 1. The van der Waals surface area contributed by atoms with Gasteiger partial charge in [-0.3, -0.25) is 9.36 Å². The number of pyridine rings is 1. The monoisotopic (exact) mass is 428 g/mol. The number of nitrogens with zero attached hydrogens (tertiary/aromatic N) is 5. The van der Waals surface area contributed by atoms with Crippen molar-refractivity contribution in [3.05, 3.63) is 77.8 Å². The molecule has 8 nitrogen and oxygen atoms in total. The first-order valence-electron chi connectivity index (χ1n) is 9.05. The summed E-state index contributed by atoms with van der Waals surface area (Å²) in [6.45, 7) is 1.41. The predicted octanol–water partition coefficient (Wildman–Crippen LogP) is 3.57. The van der Waals surface area contributed by atoms with Gasteiger partial charge in [-0.1, -0.05) is 23.4 Å². The molecule has 31 heavy (non-hydrogen) atoms. The summed E-state index contributed by atoms with van der Waals surface area (Å²) in [6.07, 6.45) is -0.158. The maximum atomic E-state index is 13.1. The molecule has 3 heterocycles. The van der Waals surface area contributed by atoms with Crippen LogP contribution in [0.5, 0.6) is 0 Å². The van der Waals surface area contributed by atoms with Crippen molar-refractivity contribution < 1.29 is 22.5 Å². The molecule has 4 rings (SSSR count). The van der Waals surface area contributed by atoms with E-state index in [1.807, 2.05) is 0 Å². The molecule has 1 N–H and O–H groups in total. The van der Waals surface area contributed by atoms with Crippen LogP contribution in [0.2, 0.25) is 0 Å². The predicted molar refractivity (Wildman–Crippen MR) is 102 cm³/mol. The molecule has 0 unspecified atom stereocenters. The summed E-state index contributed by atoms with van der Waals surface area (Å²) in [5.41, 5.74) is -0.163. The third kappa shape index (κ3) is 4.44. The van der Waals surface area contributed by atoms with Crippen molar-refractivity contribution in [3.63, 3.8) is 0 Å². The van der Waals surface area contributed by atoms with Crippen LogP contribution < -0.4 is 5.32 Å². The molecule has 4 aromatic rings. The molecule has 0 aliphatic carbocycles. The van der Waals surface area contributed by atoms with E-state index < -0.39 is 17.6 Å². The maximum Gasteiger partial charge on any atom is 0.416 e. The van der Waals surface area contributed by atoms with Gasteiger partial charge in [0, 0.05) is 24.5 Å². The SMILES string of the molecule is Cc1noc(-c2ccnc(-n3cnc(C(=O)NCc4ccccc4C(F)(F)F)c3)c2)n1. The Labute approximate surface area is 173 Å². The van der Waals surface area contributed by atoms with E-state index in [1.54, 1.807) is 19.1 Å². The summed E-state index contributed by atoms with van der Waals surface area (Å²) >= 11 is 0. The minimum Gasteiger partial charge on any atom is -0.347 e. The molecule has 1 aromatic carbocycles. The summed E-state index contributed by atoms with van der Waals surface area (Å²) in [4.78, 5) is 24.8. The highest BCUT2D eigenvalue weighted by Crippen LogP contribution is 2.31. The number of halogens is 3. The first kappa shape index (κ1) is 20.3. The minimum absolute atomic E-state index is 0.0327. The molecular weight excluding hydrogens is 413 g/mol. The van der Waals surface area contributed by atoms with Crippen LogP contribution >= 0.6 is 0 Å². The second-order valence-corrected chi connectivity index (χ2v) is 6.55. The Bertz CT molecular complexity index is 1230.